The number of aromatic hydroxyl groups is 2. The lowest BCUT2D eigenvalue weighted by molar-refractivity contribution is -0.128. The minimum Gasteiger partial charge on any atom is -0.508 e. The highest BCUT2D eigenvalue weighted by Gasteiger charge is 2.34. The van der Waals surface area contributed by atoms with Crippen LogP contribution in [0.2, 0.25) is 0 Å². The Hall–Kier alpha value is -2.04. The molecule has 0 aromatic heterocycles. The molecule has 1 aliphatic heterocycles. The van der Waals surface area contributed by atoms with Crippen molar-refractivity contribution >= 4 is 11.8 Å². The lowest BCUT2D eigenvalue weighted by Crippen LogP contribution is -2.10. The van der Waals surface area contributed by atoms with E-state index in [0.717, 1.165) is 12.1 Å². The molecule has 1 heterocycles. The summed E-state index contributed by atoms with van der Waals surface area (Å²) in [4.78, 5) is 21.7. The van der Waals surface area contributed by atoms with E-state index in [4.69, 9.17) is 5.11 Å². The second-order valence-electron chi connectivity index (χ2n) is 2.56. The number of Topliss-reactive ketones (excluding diaryl/α,β-unsaturated/α-hetero) is 1. The zero-order valence-corrected chi connectivity index (χ0v) is 6.27. The third-order valence-corrected chi connectivity index (χ3v) is 1.68. The van der Waals surface area contributed by atoms with Crippen LogP contribution in [0, 0.1) is 0 Å². The van der Waals surface area contributed by atoms with E-state index in [1.165, 1.54) is 0 Å². The summed E-state index contributed by atoms with van der Waals surface area (Å²) in [5.74, 6) is -2.76. The van der Waals surface area contributed by atoms with Gasteiger partial charge in [0.15, 0.2) is 0 Å². The number of esters is 1. The van der Waals surface area contributed by atoms with Gasteiger partial charge in [-0.2, -0.15) is 0 Å². The number of phenols is 2. The van der Waals surface area contributed by atoms with E-state index < -0.39 is 17.5 Å². The van der Waals surface area contributed by atoms with Gasteiger partial charge in [0.1, 0.15) is 22.8 Å². The van der Waals surface area contributed by atoms with Crippen LogP contribution in [0.5, 0.6) is 17.2 Å². The molecule has 0 atom stereocenters. The Labute approximate surface area is 72.2 Å². The molecule has 0 unspecified atom stereocenters. The normalized spacial score (nSPS) is 14.2. The monoisotopic (exact) mass is 180 g/mol. The quantitative estimate of drug-likeness (QED) is 0.338. The number of hydrogen-bond acceptors (Lipinski definition) is 5. The molecular weight excluding hydrogens is 176 g/mol. The summed E-state index contributed by atoms with van der Waals surface area (Å²) in [5, 5.41) is 18.2. The van der Waals surface area contributed by atoms with Crippen LogP contribution in [0.3, 0.4) is 0 Å². The first-order valence-electron chi connectivity index (χ1n) is 3.42. The number of ketones is 1. The van der Waals surface area contributed by atoms with E-state index in [9.17, 15) is 14.7 Å². The molecule has 1 aromatic carbocycles. The Kier molecular flexibility index (Phi) is 1.30. The van der Waals surface area contributed by atoms with Crippen molar-refractivity contribution in [2.45, 2.75) is 0 Å². The lowest BCUT2D eigenvalue weighted by atomic mass is 10.1. The summed E-state index contributed by atoms with van der Waals surface area (Å²) in [6.45, 7) is 0. The fourth-order valence-electron chi connectivity index (χ4n) is 1.14. The zero-order chi connectivity index (χ0) is 9.59. The Morgan fingerprint density at radius 2 is 1.85 bits per heavy atom. The minimum atomic E-state index is -1.05. The average Bonchev–Trinajstić information content (AvgIpc) is 2.27. The van der Waals surface area contributed by atoms with Gasteiger partial charge in [0.05, 0.1) is 0 Å². The molecule has 0 saturated carbocycles. The van der Waals surface area contributed by atoms with Crippen LogP contribution in [-0.4, -0.2) is 22.0 Å². The maximum Gasteiger partial charge on any atom is 0.385 e. The van der Waals surface area contributed by atoms with Gasteiger partial charge in [-0.1, -0.05) is 0 Å². The van der Waals surface area contributed by atoms with E-state index in [-0.39, 0.29) is 17.1 Å². The molecule has 0 aliphatic carbocycles. The van der Waals surface area contributed by atoms with Crippen LogP contribution in [-0.2, 0) is 4.79 Å². The van der Waals surface area contributed by atoms with Crippen molar-refractivity contribution in [3.05, 3.63) is 17.7 Å². The number of ether oxygens (including phenoxy) is 1. The molecule has 0 bridgehead atoms. The van der Waals surface area contributed by atoms with Crippen LogP contribution in [0.4, 0.5) is 0 Å². The van der Waals surface area contributed by atoms with Gasteiger partial charge < -0.3 is 14.9 Å². The minimum absolute atomic E-state index is 0.104. The fourth-order valence-corrected chi connectivity index (χ4v) is 1.14. The van der Waals surface area contributed by atoms with Gasteiger partial charge in [0.2, 0.25) is 0 Å². The van der Waals surface area contributed by atoms with Gasteiger partial charge in [0, 0.05) is 12.1 Å². The van der Waals surface area contributed by atoms with Crippen molar-refractivity contribution in [1.82, 2.24) is 0 Å². The summed E-state index contributed by atoms with van der Waals surface area (Å²) < 4.78 is 4.47. The molecule has 13 heavy (non-hydrogen) atoms. The largest absolute Gasteiger partial charge is 0.508 e. The zero-order valence-electron chi connectivity index (χ0n) is 6.27. The molecular formula is C8H4O5. The predicted molar refractivity (Wildman–Crippen MR) is 39.7 cm³/mol. The first-order valence-corrected chi connectivity index (χ1v) is 3.42. The van der Waals surface area contributed by atoms with E-state index in [0.29, 0.717) is 0 Å². The summed E-state index contributed by atoms with van der Waals surface area (Å²) in [6, 6.07) is 2.07. The third kappa shape index (κ3) is 0.936. The first-order chi connectivity index (χ1) is 6.09. The van der Waals surface area contributed by atoms with Crippen LogP contribution >= 0.6 is 0 Å². The molecule has 2 N–H and O–H groups in total. The molecule has 0 fully saturated rings. The second-order valence-corrected chi connectivity index (χ2v) is 2.56. The van der Waals surface area contributed by atoms with Gasteiger partial charge in [-0.05, 0) is 0 Å². The number of benzene rings is 1. The Balaban J connectivity index is 2.71. The van der Waals surface area contributed by atoms with Crippen molar-refractivity contribution < 1.29 is 24.5 Å². The molecule has 5 heteroatoms. The van der Waals surface area contributed by atoms with Crippen LogP contribution < -0.4 is 4.74 Å². The third-order valence-electron chi connectivity index (χ3n) is 1.68. The van der Waals surface area contributed by atoms with E-state index in [1.54, 1.807) is 0 Å². The summed E-state index contributed by atoms with van der Waals surface area (Å²) in [5.41, 5.74) is -0.192. The number of phenolic OH excluding ortho intramolecular Hbond substituents is 2. The highest BCUT2D eigenvalue weighted by Crippen LogP contribution is 2.36. The Morgan fingerprint density at radius 1 is 1.15 bits per heavy atom. The average molecular weight is 180 g/mol. The smallest absolute Gasteiger partial charge is 0.385 e. The molecule has 2 rings (SSSR count). The molecule has 66 valence electrons. The van der Waals surface area contributed by atoms with Gasteiger partial charge in [-0.15, -0.1) is 0 Å². The molecule has 0 saturated heterocycles. The molecule has 0 spiro atoms. The van der Waals surface area contributed by atoms with E-state index >= 15 is 0 Å². The van der Waals surface area contributed by atoms with Crippen LogP contribution in [0.1, 0.15) is 10.4 Å². The SMILES string of the molecule is O=C1Oc2cc(O)cc(O)c2C1=O. The molecule has 0 amide bonds. The van der Waals surface area contributed by atoms with E-state index in [2.05, 4.69) is 4.74 Å². The number of carbonyl (C=O) groups is 2. The maximum atomic E-state index is 11.0. The van der Waals surface area contributed by atoms with Crippen molar-refractivity contribution in [3.8, 4) is 17.2 Å². The maximum absolute atomic E-state index is 11.0. The number of carbonyl (C=O) groups excluding carboxylic acids is 2. The number of hydrogen-bond donors (Lipinski definition) is 2. The van der Waals surface area contributed by atoms with Crippen molar-refractivity contribution in [2.24, 2.45) is 0 Å². The summed E-state index contributed by atoms with van der Waals surface area (Å²) in [7, 11) is 0. The summed E-state index contributed by atoms with van der Waals surface area (Å²) >= 11 is 0. The second kappa shape index (κ2) is 2.22. The molecule has 1 aliphatic rings. The van der Waals surface area contributed by atoms with E-state index in [1.807, 2.05) is 0 Å². The Bertz CT molecular complexity index is 421. The number of rotatable bonds is 0. The van der Waals surface area contributed by atoms with Gasteiger partial charge in [0.25, 0.3) is 5.78 Å². The first kappa shape index (κ1) is 7.60. The fraction of sp³-hybridized carbons (Fsp3) is 0. The molecule has 0 radical (unpaired) electrons. The summed E-state index contributed by atoms with van der Waals surface area (Å²) in [6.07, 6.45) is 0. The highest BCUT2D eigenvalue weighted by molar-refractivity contribution is 6.45. The van der Waals surface area contributed by atoms with Crippen molar-refractivity contribution in [3.63, 3.8) is 0 Å². The van der Waals surface area contributed by atoms with Crippen LogP contribution in [0.15, 0.2) is 12.1 Å². The Morgan fingerprint density at radius 3 is 2.54 bits per heavy atom. The lowest BCUT2D eigenvalue weighted by Gasteiger charge is -1.98. The van der Waals surface area contributed by atoms with Crippen molar-refractivity contribution in [1.29, 1.82) is 0 Å². The number of fused-ring (bicyclic) bond motifs is 1. The topological polar surface area (TPSA) is 83.8 Å². The standard InChI is InChI=1S/C8H4O5/c9-3-1-4(10)6-5(2-3)13-8(12)7(6)11/h1-2,9-10H. The van der Waals surface area contributed by atoms with Crippen molar-refractivity contribution in [2.75, 3.05) is 0 Å². The highest BCUT2D eigenvalue weighted by atomic mass is 16.5. The van der Waals surface area contributed by atoms with Gasteiger partial charge in [-0.25, -0.2) is 4.79 Å². The van der Waals surface area contributed by atoms with Crippen LogP contribution in [0.25, 0.3) is 0 Å². The van der Waals surface area contributed by atoms with Gasteiger partial charge >= 0.3 is 5.97 Å². The van der Waals surface area contributed by atoms with Gasteiger partial charge in [-0.3, -0.25) is 4.79 Å². The molecule has 5 nitrogen and oxygen atoms in total. The predicted octanol–water partition coefficient (Wildman–Crippen LogP) is 0.199. The molecule has 1 aromatic rings.